The third kappa shape index (κ3) is 4.22. The molecule has 1 aromatic carbocycles. The van der Waals surface area contributed by atoms with Gasteiger partial charge in [-0.2, -0.15) is 4.39 Å². The summed E-state index contributed by atoms with van der Waals surface area (Å²) < 4.78 is 13.0. The number of imide groups is 1. The molecular weight excluding hydrogens is 259 g/mol. The summed E-state index contributed by atoms with van der Waals surface area (Å²) >= 11 is 0. The Morgan fingerprint density at radius 3 is 2.68 bits per heavy atom. The zero-order chi connectivity index (χ0) is 14.4. The number of carbonyl (C=O) groups excluding carboxylic acids is 2. The summed E-state index contributed by atoms with van der Waals surface area (Å²) in [7, 11) is 1.35. The Hall–Kier alpha value is -2.71. The number of urea groups is 1. The van der Waals surface area contributed by atoms with E-state index in [1.54, 1.807) is 0 Å². The van der Waals surface area contributed by atoms with Crippen molar-refractivity contribution in [3.8, 4) is 0 Å². The summed E-state index contributed by atoms with van der Waals surface area (Å²) in [5, 5.41) is 17.2. The van der Waals surface area contributed by atoms with E-state index < -0.39 is 28.4 Å². The van der Waals surface area contributed by atoms with Crippen molar-refractivity contribution >= 4 is 23.3 Å². The van der Waals surface area contributed by atoms with Crippen molar-refractivity contribution in [2.75, 3.05) is 18.9 Å². The third-order valence-corrected chi connectivity index (χ3v) is 2.08. The molecule has 3 amide bonds. The second kappa shape index (κ2) is 6.28. The van der Waals surface area contributed by atoms with Crippen molar-refractivity contribution < 1.29 is 18.9 Å². The van der Waals surface area contributed by atoms with E-state index in [9.17, 15) is 24.1 Å². The number of amides is 3. The number of nitro benzene ring substituents is 1. The first kappa shape index (κ1) is 14.4. The monoisotopic (exact) mass is 270 g/mol. The van der Waals surface area contributed by atoms with Gasteiger partial charge in [0.25, 0.3) is 0 Å². The van der Waals surface area contributed by atoms with Crippen LogP contribution >= 0.6 is 0 Å². The molecule has 0 aliphatic heterocycles. The molecule has 102 valence electrons. The predicted octanol–water partition coefficient (Wildman–Crippen LogP) is 0.601. The van der Waals surface area contributed by atoms with E-state index in [0.717, 1.165) is 12.1 Å². The van der Waals surface area contributed by atoms with E-state index in [-0.39, 0.29) is 12.2 Å². The highest BCUT2D eigenvalue weighted by Crippen LogP contribution is 2.21. The number of hydrogen-bond acceptors (Lipinski definition) is 5. The number of carbonyl (C=O) groups is 2. The standard InChI is InChI=1S/C10H11FN4O4/c1-12-10(17)14-9(16)5-13-6-2-3-7(11)8(4-6)15(18)19/h2-4,13H,5H2,1H3,(H2,12,14,16,17). The van der Waals surface area contributed by atoms with E-state index in [1.807, 2.05) is 5.32 Å². The minimum Gasteiger partial charge on any atom is -0.376 e. The Bertz CT molecular complexity index is 520. The molecular formula is C10H11FN4O4. The van der Waals surface area contributed by atoms with Gasteiger partial charge >= 0.3 is 11.7 Å². The van der Waals surface area contributed by atoms with Crippen LogP contribution in [0.3, 0.4) is 0 Å². The number of hydrogen-bond donors (Lipinski definition) is 3. The van der Waals surface area contributed by atoms with Gasteiger partial charge in [-0.15, -0.1) is 0 Å². The Morgan fingerprint density at radius 1 is 1.42 bits per heavy atom. The fraction of sp³-hybridized carbons (Fsp3) is 0.200. The van der Waals surface area contributed by atoms with Crippen LogP contribution in [0.4, 0.5) is 20.6 Å². The number of anilines is 1. The molecule has 1 aromatic rings. The third-order valence-electron chi connectivity index (χ3n) is 2.08. The van der Waals surface area contributed by atoms with Crippen LogP contribution in [-0.2, 0) is 4.79 Å². The average molecular weight is 270 g/mol. The average Bonchev–Trinajstić information content (AvgIpc) is 2.37. The molecule has 0 bridgehead atoms. The van der Waals surface area contributed by atoms with Crippen molar-refractivity contribution in [2.45, 2.75) is 0 Å². The quantitative estimate of drug-likeness (QED) is 0.547. The maximum absolute atomic E-state index is 13.0. The van der Waals surface area contributed by atoms with Crippen LogP contribution in [0.5, 0.6) is 0 Å². The number of rotatable bonds is 4. The van der Waals surface area contributed by atoms with Crippen molar-refractivity contribution in [2.24, 2.45) is 0 Å². The van der Waals surface area contributed by atoms with Crippen molar-refractivity contribution in [3.05, 3.63) is 34.1 Å². The van der Waals surface area contributed by atoms with Gasteiger partial charge in [-0.1, -0.05) is 0 Å². The fourth-order valence-corrected chi connectivity index (χ4v) is 1.18. The minimum atomic E-state index is -0.967. The summed E-state index contributed by atoms with van der Waals surface area (Å²) in [5.74, 6) is -1.60. The van der Waals surface area contributed by atoms with Gasteiger partial charge in [0.05, 0.1) is 11.5 Å². The highest BCUT2D eigenvalue weighted by Gasteiger charge is 2.14. The van der Waals surface area contributed by atoms with Gasteiger partial charge in [-0.25, -0.2) is 4.79 Å². The van der Waals surface area contributed by atoms with Gasteiger partial charge in [-0.3, -0.25) is 20.2 Å². The van der Waals surface area contributed by atoms with Crippen LogP contribution in [0.15, 0.2) is 18.2 Å². The second-order valence-electron chi connectivity index (χ2n) is 3.40. The number of benzene rings is 1. The van der Waals surface area contributed by atoms with Crippen LogP contribution in [0.25, 0.3) is 0 Å². The van der Waals surface area contributed by atoms with Gasteiger partial charge in [0.2, 0.25) is 11.7 Å². The van der Waals surface area contributed by atoms with Gasteiger partial charge in [0.15, 0.2) is 0 Å². The Labute approximate surface area is 107 Å². The Morgan fingerprint density at radius 2 is 2.11 bits per heavy atom. The van der Waals surface area contributed by atoms with Crippen molar-refractivity contribution in [3.63, 3.8) is 0 Å². The SMILES string of the molecule is CNC(=O)NC(=O)CNc1ccc(F)c([N+](=O)[O-])c1. The topological polar surface area (TPSA) is 113 Å². The smallest absolute Gasteiger partial charge is 0.321 e. The zero-order valence-electron chi connectivity index (χ0n) is 9.90. The molecule has 0 aromatic heterocycles. The summed E-state index contributed by atoms with van der Waals surface area (Å²) in [4.78, 5) is 31.7. The van der Waals surface area contributed by atoms with Crippen LogP contribution in [0.2, 0.25) is 0 Å². The normalized spacial score (nSPS) is 9.58. The number of nitrogens with one attached hydrogen (secondary N) is 3. The molecule has 0 saturated heterocycles. The minimum absolute atomic E-state index is 0.195. The first-order valence-corrected chi connectivity index (χ1v) is 5.13. The van der Waals surface area contributed by atoms with Crippen molar-refractivity contribution in [1.29, 1.82) is 0 Å². The van der Waals surface area contributed by atoms with E-state index in [0.29, 0.717) is 0 Å². The van der Waals surface area contributed by atoms with E-state index in [1.165, 1.54) is 13.1 Å². The number of halogens is 1. The maximum atomic E-state index is 13.0. The van der Waals surface area contributed by atoms with Crippen molar-refractivity contribution in [1.82, 2.24) is 10.6 Å². The summed E-state index contributed by atoms with van der Waals surface area (Å²) in [6.07, 6.45) is 0. The second-order valence-corrected chi connectivity index (χ2v) is 3.40. The molecule has 3 N–H and O–H groups in total. The largest absolute Gasteiger partial charge is 0.376 e. The molecule has 19 heavy (non-hydrogen) atoms. The highest BCUT2D eigenvalue weighted by molar-refractivity contribution is 5.96. The highest BCUT2D eigenvalue weighted by atomic mass is 19.1. The summed E-state index contributed by atoms with van der Waals surface area (Å²) in [6.45, 7) is -0.282. The van der Waals surface area contributed by atoms with Crippen LogP contribution in [0, 0.1) is 15.9 Å². The molecule has 0 unspecified atom stereocenters. The summed E-state index contributed by atoms with van der Waals surface area (Å²) in [6, 6.07) is 2.45. The van der Waals surface area contributed by atoms with Crippen LogP contribution < -0.4 is 16.0 Å². The lowest BCUT2D eigenvalue weighted by molar-refractivity contribution is -0.387. The van der Waals surface area contributed by atoms with Crippen LogP contribution in [0.1, 0.15) is 0 Å². The first-order valence-electron chi connectivity index (χ1n) is 5.13. The molecule has 0 radical (unpaired) electrons. The number of nitro groups is 1. The molecule has 0 aliphatic rings. The van der Waals surface area contributed by atoms with Gasteiger partial charge < -0.3 is 10.6 Å². The lowest BCUT2D eigenvalue weighted by atomic mass is 10.2. The van der Waals surface area contributed by atoms with Gasteiger partial charge in [0.1, 0.15) is 0 Å². The zero-order valence-corrected chi connectivity index (χ0v) is 9.90. The van der Waals surface area contributed by atoms with Gasteiger partial charge in [-0.05, 0) is 12.1 Å². The molecule has 0 spiro atoms. The van der Waals surface area contributed by atoms with Crippen LogP contribution in [-0.4, -0.2) is 30.5 Å². The fourth-order valence-electron chi connectivity index (χ4n) is 1.18. The molecule has 0 atom stereocenters. The first-order chi connectivity index (χ1) is 8.93. The lowest BCUT2D eigenvalue weighted by Crippen LogP contribution is -2.40. The summed E-state index contributed by atoms with van der Waals surface area (Å²) in [5.41, 5.74) is -0.503. The molecule has 8 nitrogen and oxygen atoms in total. The molecule has 0 saturated carbocycles. The molecule has 1 rings (SSSR count). The Kier molecular flexibility index (Phi) is 4.75. The van der Waals surface area contributed by atoms with E-state index >= 15 is 0 Å². The van der Waals surface area contributed by atoms with E-state index in [4.69, 9.17) is 0 Å². The predicted molar refractivity (Wildman–Crippen MR) is 64.1 cm³/mol. The van der Waals surface area contributed by atoms with Gasteiger partial charge in [0, 0.05) is 18.8 Å². The molecule has 0 heterocycles. The molecule has 0 fully saturated rings. The molecule has 9 heteroatoms. The maximum Gasteiger partial charge on any atom is 0.321 e. The Balaban J connectivity index is 2.63. The molecule has 0 aliphatic carbocycles. The lowest BCUT2D eigenvalue weighted by Gasteiger charge is -2.06. The van der Waals surface area contributed by atoms with E-state index in [2.05, 4.69) is 10.6 Å². The number of nitrogens with zero attached hydrogens (tertiary/aromatic N) is 1.